The maximum atomic E-state index is 9.29. The largest absolute Gasteiger partial charge is 0.481 e. The Balaban J connectivity index is -0.0000000712. The Hall–Kier alpha value is -0.600. The van der Waals surface area contributed by atoms with Crippen LogP contribution < -0.4 is 0 Å². The van der Waals surface area contributed by atoms with Gasteiger partial charge in [0.2, 0.25) is 0 Å². The van der Waals surface area contributed by atoms with Gasteiger partial charge >= 0.3 is 11.9 Å². The lowest BCUT2D eigenvalue weighted by Gasteiger charge is -1.94. The first kappa shape index (κ1) is 36.3. The smallest absolute Gasteiger partial charge is 0.313 e. The molecule has 12 heteroatoms. The van der Waals surface area contributed by atoms with E-state index in [4.69, 9.17) is 40.9 Å². The van der Waals surface area contributed by atoms with Crippen LogP contribution in [-0.4, -0.2) is 90.1 Å². The van der Waals surface area contributed by atoms with Gasteiger partial charge in [0.1, 0.15) is 0 Å². The lowest BCUT2D eigenvalue weighted by atomic mass is 10.3. The number of carboxylic acids is 2. The number of aliphatic carboxylic acids is 2. The molecule has 0 spiro atoms. The van der Waals surface area contributed by atoms with Gasteiger partial charge in [0.15, 0.2) is 12.6 Å². The van der Waals surface area contributed by atoms with Crippen LogP contribution in [0.5, 0.6) is 0 Å². The van der Waals surface area contributed by atoms with Crippen LogP contribution in [-0.2, 0) is 9.59 Å². The number of thiol groups is 2. The summed E-state index contributed by atoms with van der Waals surface area (Å²) in [6.45, 7) is 3.55. The lowest BCUT2D eigenvalue weighted by molar-refractivity contribution is -0.134. The summed E-state index contributed by atoms with van der Waals surface area (Å²) in [5.74, 6) is -1.93. The topological polar surface area (TPSA) is 196 Å². The first-order valence-corrected chi connectivity index (χ1v) is 8.86. The Morgan fingerprint density at radius 1 is 0.731 bits per heavy atom. The van der Waals surface area contributed by atoms with Gasteiger partial charge in [0.05, 0.1) is 24.7 Å². The highest BCUT2D eigenvalue weighted by Crippen LogP contribution is 1.88. The zero-order valence-electron chi connectivity index (χ0n) is 15.1. The number of aliphatic hydroxyl groups excluding tert-OH is 4. The Morgan fingerprint density at radius 2 is 0.923 bits per heavy atom. The maximum absolute atomic E-state index is 9.29. The molecule has 0 unspecified atom stereocenters. The van der Waals surface area contributed by atoms with Crippen LogP contribution in [0, 0.1) is 0 Å². The van der Waals surface area contributed by atoms with Crippen LogP contribution in [0.15, 0.2) is 0 Å². The molecule has 0 aliphatic heterocycles. The van der Waals surface area contributed by atoms with Gasteiger partial charge in [-0.1, -0.05) is 26.7 Å². The molecule has 0 aromatic rings. The van der Waals surface area contributed by atoms with Crippen molar-refractivity contribution in [3.63, 3.8) is 0 Å². The number of rotatable bonds is 7. The molecule has 0 amide bonds. The molecule has 0 aliphatic rings. The molecule has 0 fully saturated rings. The summed E-state index contributed by atoms with van der Waals surface area (Å²) in [7, 11) is 0. The van der Waals surface area contributed by atoms with Crippen LogP contribution in [0.1, 0.15) is 39.5 Å². The monoisotopic (exact) mass is 426 g/mol. The molecule has 26 heavy (non-hydrogen) atoms. The molecule has 10 nitrogen and oxygen atoms in total. The van der Waals surface area contributed by atoms with Crippen molar-refractivity contribution < 1.29 is 50.4 Å². The Morgan fingerprint density at radius 3 is 0.923 bits per heavy atom. The first-order chi connectivity index (χ1) is 12.0. The molecule has 162 valence electrons. The van der Waals surface area contributed by atoms with Crippen molar-refractivity contribution in [2.75, 3.05) is 24.7 Å². The van der Waals surface area contributed by atoms with Crippen LogP contribution in [0.2, 0.25) is 0 Å². The quantitative estimate of drug-likeness (QED) is 0.181. The molecule has 0 radical (unpaired) electrons. The predicted octanol–water partition coefficient (Wildman–Crippen LogP) is -0.833. The van der Waals surface area contributed by atoms with E-state index < -0.39 is 24.5 Å². The van der Waals surface area contributed by atoms with Crippen molar-refractivity contribution in [1.29, 1.82) is 0 Å². The van der Waals surface area contributed by atoms with E-state index in [2.05, 4.69) is 25.3 Å². The van der Waals surface area contributed by atoms with E-state index in [9.17, 15) is 9.59 Å². The minimum Gasteiger partial charge on any atom is -0.481 e. The van der Waals surface area contributed by atoms with Gasteiger partial charge in [-0.2, -0.15) is 25.3 Å². The normalized spacial score (nSPS) is 8.62. The average Bonchev–Trinajstić information content (AvgIpc) is 2.56. The van der Waals surface area contributed by atoms with Gasteiger partial charge in [-0.05, 0) is 12.8 Å². The summed E-state index contributed by atoms with van der Waals surface area (Å²) < 4.78 is 0. The minimum atomic E-state index is -1.10. The molecular formula is C14H34O10S2. The van der Waals surface area contributed by atoms with Gasteiger partial charge in [-0.25, -0.2) is 0 Å². The highest BCUT2D eigenvalue weighted by Gasteiger charge is 1.89. The van der Waals surface area contributed by atoms with Gasteiger partial charge < -0.3 is 40.9 Å². The molecule has 0 aromatic heterocycles. The Bertz CT molecular complexity index is 240. The highest BCUT2D eigenvalue weighted by atomic mass is 32.1. The van der Waals surface area contributed by atoms with Crippen LogP contribution >= 0.6 is 25.3 Å². The molecule has 0 rings (SSSR count). The van der Waals surface area contributed by atoms with E-state index >= 15 is 0 Å². The minimum absolute atomic E-state index is 0.0833. The van der Waals surface area contributed by atoms with Crippen LogP contribution in [0.3, 0.4) is 0 Å². The molecule has 0 aromatic carbocycles. The van der Waals surface area contributed by atoms with Crippen molar-refractivity contribution in [2.24, 2.45) is 0 Å². The first-order valence-electron chi connectivity index (χ1n) is 7.59. The molecular weight excluding hydrogens is 392 g/mol. The summed E-state index contributed by atoms with van der Waals surface area (Å²) in [5, 5.41) is 63.0. The third-order valence-corrected chi connectivity index (χ3v) is 2.01. The van der Waals surface area contributed by atoms with E-state index in [1.807, 2.05) is 13.8 Å². The average molecular weight is 427 g/mol. The third-order valence-electron chi connectivity index (χ3n) is 1.46. The second-order valence-electron chi connectivity index (χ2n) is 4.09. The van der Waals surface area contributed by atoms with E-state index in [1.165, 1.54) is 0 Å². The van der Waals surface area contributed by atoms with Gasteiger partial charge in [0.25, 0.3) is 0 Å². The van der Waals surface area contributed by atoms with Crippen LogP contribution in [0.25, 0.3) is 0 Å². The van der Waals surface area contributed by atoms with Crippen molar-refractivity contribution >= 4 is 37.2 Å². The number of carbonyl (C=O) groups is 2. The highest BCUT2D eigenvalue weighted by molar-refractivity contribution is 7.81. The molecule has 8 N–H and O–H groups in total. The van der Waals surface area contributed by atoms with Crippen molar-refractivity contribution in [2.45, 2.75) is 52.1 Å². The zero-order chi connectivity index (χ0) is 22.0. The number of aliphatic hydroxyl groups is 6. The SMILES string of the molecule is CCCC(O)O.CCCC(O)O.O=C(O)CS.O=C(O)CS.OCCO. The Labute approximate surface area is 164 Å². The summed E-state index contributed by atoms with van der Waals surface area (Å²) in [6.07, 6.45) is 0.431. The lowest BCUT2D eigenvalue weighted by Crippen LogP contribution is -2.01. The van der Waals surface area contributed by atoms with Gasteiger partial charge in [-0.3, -0.25) is 9.59 Å². The standard InChI is InChI=1S/2C4H10O2.2C2H4O2S.C2H6O2/c2*1-2-3-4(5)6;2*3-2(4)1-5;3-1-2-4/h2*4-6H,2-3H2,1H3;2*5H,1H2,(H,3,4);3-4H,1-2H2. The predicted molar refractivity (Wildman–Crippen MR) is 103 cm³/mol. The summed E-state index contributed by atoms with van der Waals surface area (Å²) >= 11 is 6.83. The number of hydrogen-bond acceptors (Lipinski definition) is 10. The summed E-state index contributed by atoms with van der Waals surface area (Å²) in [6, 6.07) is 0. The van der Waals surface area contributed by atoms with E-state index in [1.54, 1.807) is 0 Å². The molecule has 0 saturated heterocycles. The maximum Gasteiger partial charge on any atom is 0.313 e. The summed E-state index contributed by atoms with van der Waals surface area (Å²) in [5.41, 5.74) is 0. The van der Waals surface area contributed by atoms with E-state index in [0.29, 0.717) is 12.8 Å². The molecule has 0 heterocycles. The fourth-order valence-corrected chi connectivity index (χ4v) is 0.516. The van der Waals surface area contributed by atoms with Gasteiger partial charge in [-0.15, -0.1) is 0 Å². The van der Waals surface area contributed by atoms with Crippen molar-refractivity contribution in [3.05, 3.63) is 0 Å². The fourth-order valence-electron chi connectivity index (χ4n) is 0.516. The zero-order valence-corrected chi connectivity index (χ0v) is 16.9. The van der Waals surface area contributed by atoms with Crippen molar-refractivity contribution in [3.8, 4) is 0 Å². The molecule has 0 bridgehead atoms. The van der Waals surface area contributed by atoms with E-state index in [0.717, 1.165) is 12.8 Å². The van der Waals surface area contributed by atoms with E-state index in [-0.39, 0.29) is 24.7 Å². The van der Waals surface area contributed by atoms with Crippen molar-refractivity contribution in [1.82, 2.24) is 0 Å². The van der Waals surface area contributed by atoms with Crippen LogP contribution in [0.4, 0.5) is 0 Å². The Kier molecular flexibility index (Phi) is 49.6. The second kappa shape index (κ2) is 35.5. The van der Waals surface area contributed by atoms with Gasteiger partial charge in [0, 0.05) is 0 Å². The fraction of sp³-hybridized carbons (Fsp3) is 0.857. The molecule has 0 saturated carbocycles. The third kappa shape index (κ3) is 109. The molecule has 0 aliphatic carbocycles. The summed E-state index contributed by atoms with van der Waals surface area (Å²) in [4.78, 5) is 18.6. The number of hydrogen-bond donors (Lipinski definition) is 10. The number of carboxylic acid groups (broad SMARTS) is 2. The molecule has 0 atom stereocenters. The second-order valence-corrected chi connectivity index (χ2v) is 4.72.